The summed E-state index contributed by atoms with van der Waals surface area (Å²) < 4.78 is 0. The molecule has 3 unspecified atom stereocenters. The van der Waals surface area contributed by atoms with E-state index in [0.717, 1.165) is 16.5 Å². The maximum atomic E-state index is 13.1. The zero-order chi connectivity index (χ0) is 25.8. The van der Waals surface area contributed by atoms with Crippen molar-refractivity contribution < 1.29 is 4.79 Å². The number of carbonyl (C=O) groups is 1. The highest BCUT2D eigenvalue weighted by Crippen LogP contribution is 2.45. The Morgan fingerprint density at radius 1 is 1.11 bits per heavy atom. The number of carbonyl (C=O) groups excluding carboxylic acids is 1. The summed E-state index contributed by atoms with van der Waals surface area (Å²) >= 11 is 14.7. The molecule has 1 saturated heterocycles. The molecule has 0 aromatic heterocycles. The molecule has 3 rings (SSSR count). The van der Waals surface area contributed by atoms with E-state index in [2.05, 4.69) is 81.4 Å². The Kier molecular flexibility index (Phi) is 10.0. The van der Waals surface area contributed by atoms with Crippen molar-refractivity contribution in [1.29, 1.82) is 0 Å². The zero-order valence-corrected chi connectivity index (χ0v) is 24.9. The molecule has 1 amide bonds. The van der Waals surface area contributed by atoms with Crippen LogP contribution in [-0.2, 0) is 4.79 Å². The van der Waals surface area contributed by atoms with Crippen LogP contribution in [0.4, 0.5) is 0 Å². The highest BCUT2D eigenvalue weighted by molar-refractivity contribution is 8.01. The van der Waals surface area contributed by atoms with E-state index in [0.29, 0.717) is 17.6 Å². The maximum Gasteiger partial charge on any atom is 0.223 e. The molecule has 6 heteroatoms. The van der Waals surface area contributed by atoms with Gasteiger partial charge in [0.1, 0.15) is 0 Å². The van der Waals surface area contributed by atoms with Gasteiger partial charge in [0.15, 0.2) is 0 Å². The van der Waals surface area contributed by atoms with Gasteiger partial charge in [-0.25, -0.2) is 0 Å². The third kappa shape index (κ3) is 7.64. The molecule has 2 nitrogen and oxygen atoms in total. The number of halogens is 2. The van der Waals surface area contributed by atoms with Gasteiger partial charge in [-0.3, -0.25) is 4.79 Å². The second-order valence-electron chi connectivity index (χ2n) is 11.2. The minimum atomic E-state index is -1.24. The molecule has 0 spiro atoms. The second kappa shape index (κ2) is 12.4. The fourth-order valence-corrected chi connectivity index (χ4v) is 9.02. The topological polar surface area (TPSA) is 29.1 Å². The number of hydrogen-bond acceptors (Lipinski definition) is 2. The van der Waals surface area contributed by atoms with Gasteiger partial charge in [-0.05, 0) is 65.4 Å². The number of allylic oxidation sites excluding steroid dienone is 1. The van der Waals surface area contributed by atoms with Crippen LogP contribution in [0.5, 0.6) is 0 Å². The molecule has 2 aromatic rings. The molecule has 190 valence electrons. The predicted molar refractivity (Wildman–Crippen MR) is 157 cm³/mol. The standard InChI is InChI=1S/C29H39Cl2NOSSi/c1-7-9-23-17-26(22-10-8-11-25(31)16-22)27(32-29(23)33)19(2)20(3)28(34-18-35(4,5)6)21-12-14-24(30)15-13-21/h7-8,10-16,19-20,23,26-28H,1,9,17-18H2,2-6H3,(H,32,33)/t19?,20?,23-,26+,27-,28?/m0/s1. The lowest BCUT2D eigenvalue weighted by atomic mass is 9.71. The third-order valence-corrected chi connectivity index (χ3v) is 12.8. The van der Waals surface area contributed by atoms with Gasteiger partial charge in [-0.2, -0.15) is 11.8 Å². The number of piperidine rings is 1. The van der Waals surface area contributed by atoms with Crippen molar-refractivity contribution in [2.75, 3.05) is 5.38 Å². The smallest absolute Gasteiger partial charge is 0.223 e. The molecular formula is C29H39Cl2NOSSi. The summed E-state index contributed by atoms with van der Waals surface area (Å²) in [7, 11) is -1.24. The Bertz CT molecular complexity index is 1010. The summed E-state index contributed by atoms with van der Waals surface area (Å²) in [6, 6.07) is 16.5. The number of thioether (sulfide) groups is 1. The number of amides is 1. The quantitative estimate of drug-likeness (QED) is 0.237. The van der Waals surface area contributed by atoms with E-state index in [4.69, 9.17) is 23.2 Å². The molecule has 35 heavy (non-hydrogen) atoms. The summed E-state index contributed by atoms with van der Waals surface area (Å²) in [5, 5.41) is 6.46. The van der Waals surface area contributed by atoms with Crippen LogP contribution in [0.2, 0.25) is 29.7 Å². The van der Waals surface area contributed by atoms with Gasteiger partial charge in [0.2, 0.25) is 5.91 Å². The predicted octanol–water partition coefficient (Wildman–Crippen LogP) is 8.78. The summed E-state index contributed by atoms with van der Waals surface area (Å²) in [4.78, 5) is 13.1. The van der Waals surface area contributed by atoms with Crippen LogP contribution in [0.25, 0.3) is 0 Å². The Morgan fingerprint density at radius 2 is 1.80 bits per heavy atom. The van der Waals surface area contributed by atoms with Crippen LogP contribution < -0.4 is 5.32 Å². The molecule has 1 N–H and O–H groups in total. The number of benzene rings is 2. The molecular weight excluding hydrogens is 509 g/mol. The van der Waals surface area contributed by atoms with Crippen molar-refractivity contribution in [3.05, 3.63) is 82.4 Å². The molecule has 1 fully saturated rings. The second-order valence-corrected chi connectivity index (χ2v) is 19.2. The highest BCUT2D eigenvalue weighted by Gasteiger charge is 2.41. The van der Waals surface area contributed by atoms with E-state index in [1.54, 1.807) is 0 Å². The Hall–Kier alpha value is -1.20. The van der Waals surface area contributed by atoms with Crippen molar-refractivity contribution in [2.24, 2.45) is 17.8 Å². The van der Waals surface area contributed by atoms with E-state index in [9.17, 15) is 4.79 Å². The first-order chi connectivity index (χ1) is 16.5. The molecule has 1 aliphatic rings. The molecule has 0 bridgehead atoms. The Balaban J connectivity index is 1.94. The highest BCUT2D eigenvalue weighted by atomic mass is 35.5. The van der Waals surface area contributed by atoms with E-state index in [1.165, 1.54) is 16.5 Å². The Morgan fingerprint density at radius 3 is 2.40 bits per heavy atom. The van der Waals surface area contributed by atoms with E-state index in [-0.39, 0.29) is 29.7 Å². The fourth-order valence-electron chi connectivity index (χ4n) is 5.07. The largest absolute Gasteiger partial charge is 0.352 e. The molecule has 2 aromatic carbocycles. The minimum absolute atomic E-state index is 0.0410. The molecule has 1 heterocycles. The van der Waals surface area contributed by atoms with Crippen LogP contribution in [0.3, 0.4) is 0 Å². The lowest BCUT2D eigenvalue weighted by Crippen LogP contribution is -2.52. The normalized spacial score (nSPS) is 23.3. The Labute approximate surface area is 227 Å². The first-order valence-electron chi connectivity index (χ1n) is 12.5. The molecule has 0 aliphatic carbocycles. The van der Waals surface area contributed by atoms with Gasteiger partial charge in [0.05, 0.1) is 8.07 Å². The molecule has 0 saturated carbocycles. The van der Waals surface area contributed by atoms with Crippen LogP contribution in [0.1, 0.15) is 49.0 Å². The first kappa shape index (κ1) is 28.4. The molecule has 0 radical (unpaired) electrons. The summed E-state index contributed by atoms with van der Waals surface area (Å²) in [5.74, 6) is 0.915. The average Bonchev–Trinajstić information content (AvgIpc) is 2.80. The van der Waals surface area contributed by atoms with Crippen molar-refractivity contribution in [3.8, 4) is 0 Å². The van der Waals surface area contributed by atoms with Crippen LogP contribution in [0.15, 0.2) is 61.2 Å². The summed E-state index contributed by atoms with van der Waals surface area (Å²) in [6.07, 6.45) is 3.36. The van der Waals surface area contributed by atoms with Crippen LogP contribution in [-0.4, -0.2) is 25.4 Å². The first-order valence-corrected chi connectivity index (χ1v) is 18.0. The fraction of sp³-hybridized carbons (Fsp3) is 0.483. The van der Waals surface area contributed by atoms with Gasteiger partial charge in [-0.1, -0.05) is 87.0 Å². The van der Waals surface area contributed by atoms with Gasteiger partial charge in [0, 0.05) is 33.2 Å². The number of nitrogens with one attached hydrogen (secondary N) is 1. The van der Waals surface area contributed by atoms with Crippen molar-refractivity contribution in [1.82, 2.24) is 5.32 Å². The maximum absolute atomic E-state index is 13.1. The van der Waals surface area contributed by atoms with E-state index < -0.39 is 8.07 Å². The van der Waals surface area contributed by atoms with Crippen molar-refractivity contribution >= 4 is 48.9 Å². The SMILES string of the molecule is C=CC[C@H]1C[C@H](c2cccc(Cl)c2)[C@H](C(C)C(C)C(SC[Si](C)(C)C)c2ccc(Cl)cc2)NC1=O. The number of hydrogen-bond donors (Lipinski definition) is 1. The monoisotopic (exact) mass is 547 g/mol. The third-order valence-electron chi connectivity index (χ3n) is 7.15. The molecule has 1 aliphatic heterocycles. The van der Waals surface area contributed by atoms with Gasteiger partial charge < -0.3 is 5.32 Å². The minimum Gasteiger partial charge on any atom is -0.352 e. The van der Waals surface area contributed by atoms with Gasteiger partial charge in [0.25, 0.3) is 0 Å². The van der Waals surface area contributed by atoms with Gasteiger partial charge in [-0.15, -0.1) is 6.58 Å². The lowest BCUT2D eigenvalue weighted by Gasteiger charge is -2.43. The average molecular weight is 549 g/mol. The zero-order valence-electron chi connectivity index (χ0n) is 21.6. The van der Waals surface area contributed by atoms with E-state index >= 15 is 0 Å². The molecule has 6 atom stereocenters. The van der Waals surface area contributed by atoms with Crippen molar-refractivity contribution in [2.45, 2.75) is 63.5 Å². The summed E-state index contributed by atoms with van der Waals surface area (Å²) in [5.41, 5.74) is 2.51. The summed E-state index contributed by atoms with van der Waals surface area (Å²) in [6.45, 7) is 15.8. The van der Waals surface area contributed by atoms with Crippen molar-refractivity contribution in [3.63, 3.8) is 0 Å². The van der Waals surface area contributed by atoms with Gasteiger partial charge >= 0.3 is 0 Å². The van der Waals surface area contributed by atoms with Crippen LogP contribution >= 0.6 is 35.0 Å². The lowest BCUT2D eigenvalue weighted by molar-refractivity contribution is -0.129. The van der Waals surface area contributed by atoms with Crippen LogP contribution in [0, 0.1) is 17.8 Å². The number of rotatable bonds is 10. The van der Waals surface area contributed by atoms with E-state index in [1.807, 2.05) is 30.3 Å².